The Hall–Kier alpha value is -1.94. The van der Waals surface area contributed by atoms with E-state index in [9.17, 15) is 18.0 Å². The summed E-state index contributed by atoms with van der Waals surface area (Å²) in [5, 5.41) is 10.9. The van der Waals surface area contributed by atoms with Crippen molar-refractivity contribution in [2.24, 2.45) is 0 Å². The van der Waals surface area contributed by atoms with Crippen LogP contribution >= 0.6 is 11.8 Å². The standard InChI is InChI=1S/C12H15N3OS.C2HF3O2/c1-9(16)17-12-2-3-13-7-10(12)6-11-8-14-4-5-15-11;3-2(4,5)1(6)7/h4-6,8,12-13H,2-3,7H2,1H3;(H,6,7)/b10-6+;. The molecule has 2 N–H and O–H groups in total. The van der Waals surface area contributed by atoms with Crippen LogP contribution in [0.3, 0.4) is 0 Å². The Morgan fingerprint density at radius 3 is 2.58 bits per heavy atom. The van der Waals surface area contributed by atoms with Gasteiger partial charge < -0.3 is 10.4 Å². The van der Waals surface area contributed by atoms with E-state index in [0.29, 0.717) is 0 Å². The van der Waals surface area contributed by atoms with Crippen molar-refractivity contribution in [2.75, 3.05) is 13.1 Å². The van der Waals surface area contributed by atoms with E-state index in [4.69, 9.17) is 9.90 Å². The minimum Gasteiger partial charge on any atom is -0.475 e. The number of carboxylic acids is 1. The van der Waals surface area contributed by atoms with E-state index < -0.39 is 12.1 Å². The number of piperidine rings is 1. The van der Waals surface area contributed by atoms with Gasteiger partial charge in [0.25, 0.3) is 0 Å². The zero-order valence-electron chi connectivity index (χ0n) is 12.7. The molecule has 2 heterocycles. The van der Waals surface area contributed by atoms with Crippen LogP contribution in [0.2, 0.25) is 0 Å². The lowest BCUT2D eigenvalue weighted by Gasteiger charge is -2.24. The molecular weight excluding hydrogens is 347 g/mol. The molecule has 1 saturated heterocycles. The van der Waals surface area contributed by atoms with Crippen molar-refractivity contribution in [1.82, 2.24) is 15.3 Å². The van der Waals surface area contributed by atoms with Gasteiger partial charge in [0.15, 0.2) is 5.12 Å². The summed E-state index contributed by atoms with van der Waals surface area (Å²) in [6.07, 6.45) is 2.99. The molecule has 1 atom stereocenters. The maximum atomic E-state index is 11.2. The summed E-state index contributed by atoms with van der Waals surface area (Å²) < 4.78 is 31.7. The van der Waals surface area contributed by atoms with Crippen LogP contribution < -0.4 is 5.32 Å². The number of halogens is 3. The number of aliphatic carboxylic acids is 1. The van der Waals surface area contributed by atoms with Crippen LogP contribution in [0.25, 0.3) is 6.08 Å². The van der Waals surface area contributed by atoms with Crippen molar-refractivity contribution in [3.05, 3.63) is 29.9 Å². The van der Waals surface area contributed by atoms with Crippen LogP contribution in [0.15, 0.2) is 24.2 Å². The predicted octanol–water partition coefficient (Wildman–Crippen LogP) is 2.13. The van der Waals surface area contributed by atoms with Crippen molar-refractivity contribution >= 4 is 28.9 Å². The van der Waals surface area contributed by atoms with Crippen LogP contribution in [-0.4, -0.2) is 50.7 Å². The monoisotopic (exact) mass is 363 g/mol. The minimum absolute atomic E-state index is 0.168. The number of rotatable bonds is 2. The van der Waals surface area contributed by atoms with E-state index in [0.717, 1.165) is 25.2 Å². The molecule has 132 valence electrons. The smallest absolute Gasteiger partial charge is 0.475 e. The van der Waals surface area contributed by atoms with Gasteiger partial charge in [-0.1, -0.05) is 11.8 Å². The van der Waals surface area contributed by atoms with Gasteiger partial charge in [-0.2, -0.15) is 13.2 Å². The molecule has 0 spiro atoms. The fourth-order valence-electron chi connectivity index (χ4n) is 1.82. The van der Waals surface area contributed by atoms with Crippen molar-refractivity contribution in [2.45, 2.75) is 24.8 Å². The second-order valence-corrected chi connectivity index (χ2v) is 6.10. The number of carbonyl (C=O) groups excluding carboxylic acids is 1. The van der Waals surface area contributed by atoms with Gasteiger partial charge in [0.2, 0.25) is 0 Å². The highest BCUT2D eigenvalue weighted by Gasteiger charge is 2.38. The third-order valence-electron chi connectivity index (χ3n) is 2.79. The van der Waals surface area contributed by atoms with Crippen molar-refractivity contribution < 1.29 is 27.9 Å². The third kappa shape index (κ3) is 7.55. The summed E-state index contributed by atoms with van der Waals surface area (Å²) in [4.78, 5) is 28.4. The van der Waals surface area contributed by atoms with Gasteiger partial charge in [-0.15, -0.1) is 0 Å². The Morgan fingerprint density at radius 2 is 2.08 bits per heavy atom. The van der Waals surface area contributed by atoms with Gasteiger partial charge in [0.05, 0.1) is 11.9 Å². The van der Waals surface area contributed by atoms with Crippen LogP contribution in [0.5, 0.6) is 0 Å². The first-order valence-corrected chi connectivity index (χ1v) is 7.72. The van der Waals surface area contributed by atoms with Crippen LogP contribution in [0.1, 0.15) is 19.0 Å². The molecule has 1 aliphatic rings. The third-order valence-corrected chi connectivity index (χ3v) is 3.95. The molecule has 1 aliphatic heterocycles. The molecule has 10 heteroatoms. The quantitative estimate of drug-likeness (QED) is 0.832. The normalized spacial score (nSPS) is 19.3. The summed E-state index contributed by atoms with van der Waals surface area (Å²) in [6, 6.07) is 0. The molecule has 1 aromatic heterocycles. The molecule has 0 aliphatic carbocycles. The molecule has 0 radical (unpaired) electrons. The largest absolute Gasteiger partial charge is 0.490 e. The molecule has 0 saturated carbocycles. The number of nitrogens with zero attached hydrogens (tertiary/aromatic N) is 2. The summed E-state index contributed by atoms with van der Waals surface area (Å²) >= 11 is 1.41. The fourth-order valence-corrected chi connectivity index (χ4v) is 2.76. The number of alkyl halides is 3. The van der Waals surface area contributed by atoms with E-state index in [1.54, 1.807) is 25.5 Å². The first kappa shape index (κ1) is 20.1. The molecule has 1 aromatic rings. The maximum absolute atomic E-state index is 11.2. The van der Waals surface area contributed by atoms with Gasteiger partial charge in [-0.05, 0) is 24.6 Å². The number of carbonyl (C=O) groups is 2. The van der Waals surface area contributed by atoms with Crippen molar-refractivity contribution in [1.29, 1.82) is 0 Å². The molecule has 0 amide bonds. The zero-order valence-corrected chi connectivity index (χ0v) is 13.5. The maximum Gasteiger partial charge on any atom is 0.490 e. The molecular formula is C14H16F3N3O3S. The summed E-state index contributed by atoms with van der Waals surface area (Å²) in [5.41, 5.74) is 2.07. The predicted molar refractivity (Wildman–Crippen MR) is 83.2 cm³/mol. The molecule has 1 unspecified atom stereocenters. The highest BCUT2D eigenvalue weighted by atomic mass is 32.2. The average Bonchev–Trinajstić information content (AvgIpc) is 2.49. The summed E-state index contributed by atoms with van der Waals surface area (Å²) in [7, 11) is 0. The molecule has 6 nitrogen and oxygen atoms in total. The number of thioether (sulfide) groups is 1. The van der Waals surface area contributed by atoms with Crippen LogP contribution in [0, 0.1) is 0 Å². The van der Waals surface area contributed by atoms with E-state index >= 15 is 0 Å². The average molecular weight is 363 g/mol. The SMILES string of the molecule is CC(=O)SC1CCNC/C1=C\c1cnccn1.O=C(O)C(F)(F)F. The molecule has 2 rings (SSSR count). The number of hydrogen-bond donors (Lipinski definition) is 2. The van der Waals surface area contributed by atoms with Gasteiger partial charge in [-0.3, -0.25) is 14.8 Å². The lowest BCUT2D eigenvalue weighted by molar-refractivity contribution is -0.192. The van der Waals surface area contributed by atoms with Gasteiger partial charge in [-0.25, -0.2) is 4.79 Å². The molecule has 0 bridgehead atoms. The Bertz CT molecular complexity index is 594. The second kappa shape index (κ2) is 9.38. The molecule has 1 fully saturated rings. The fraction of sp³-hybridized carbons (Fsp3) is 0.429. The van der Waals surface area contributed by atoms with Crippen LogP contribution in [-0.2, 0) is 9.59 Å². The Kier molecular flexibility index (Phi) is 7.86. The van der Waals surface area contributed by atoms with Gasteiger partial charge >= 0.3 is 12.1 Å². The Morgan fingerprint density at radius 1 is 1.42 bits per heavy atom. The highest BCUT2D eigenvalue weighted by Crippen LogP contribution is 2.26. The number of aromatic nitrogens is 2. The number of nitrogens with one attached hydrogen (secondary N) is 1. The first-order chi connectivity index (χ1) is 11.2. The topological polar surface area (TPSA) is 92.2 Å². The van der Waals surface area contributed by atoms with E-state index in [1.807, 2.05) is 6.08 Å². The number of hydrogen-bond acceptors (Lipinski definition) is 6. The molecule has 24 heavy (non-hydrogen) atoms. The first-order valence-electron chi connectivity index (χ1n) is 6.84. The van der Waals surface area contributed by atoms with E-state index in [-0.39, 0.29) is 10.4 Å². The second-order valence-electron chi connectivity index (χ2n) is 4.72. The van der Waals surface area contributed by atoms with Crippen LogP contribution in [0.4, 0.5) is 13.2 Å². The number of carboxylic acid groups (broad SMARTS) is 1. The summed E-state index contributed by atoms with van der Waals surface area (Å²) in [6.45, 7) is 3.40. The highest BCUT2D eigenvalue weighted by molar-refractivity contribution is 8.14. The van der Waals surface area contributed by atoms with E-state index in [2.05, 4.69) is 15.3 Å². The lowest BCUT2D eigenvalue weighted by atomic mass is 10.0. The lowest BCUT2D eigenvalue weighted by Crippen LogP contribution is -2.32. The minimum atomic E-state index is -5.08. The van der Waals surface area contributed by atoms with Crippen molar-refractivity contribution in [3.63, 3.8) is 0 Å². The van der Waals surface area contributed by atoms with Gasteiger partial charge in [0.1, 0.15) is 0 Å². The van der Waals surface area contributed by atoms with Crippen molar-refractivity contribution in [3.8, 4) is 0 Å². The Balaban J connectivity index is 0.000000351. The van der Waals surface area contributed by atoms with E-state index in [1.165, 1.54) is 17.3 Å². The van der Waals surface area contributed by atoms with Gasteiger partial charge in [0, 0.05) is 31.1 Å². The molecule has 0 aromatic carbocycles. The Labute approximate surface area is 140 Å². The zero-order chi connectivity index (χ0) is 18.2. The summed E-state index contributed by atoms with van der Waals surface area (Å²) in [5.74, 6) is -2.76.